The standard InChI is InChI=1S/C10H15ClN2/c1-3-13(4-2)10-7-5-6-9(8-10)12-11/h5-8,12H,3-4H2,1-2H3. The molecule has 0 aliphatic heterocycles. The molecule has 1 rings (SSSR count). The molecule has 1 aromatic carbocycles. The number of nitrogens with zero attached hydrogens (tertiary/aromatic N) is 1. The quantitative estimate of drug-likeness (QED) is 0.748. The summed E-state index contributed by atoms with van der Waals surface area (Å²) in [5.74, 6) is 0. The molecular formula is C10H15ClN2. The Morgan fingerprint density at radius 2 is 2.00 bits per heavy atom. The number of anilines is 2. The monoisotopic (exact) mass is 198 g/mol. The highest BCUT2D eigenvalue weighted by Gasteiger charge is 2.01. The minimum absolute atomic E-state index is 0.936. The lowest BCUT2D eigenvalue weighted by atomic mass is 10.2. The van der Waals surface area contributed by atoms with Crippen LogP contribution in [-0.4, -0.2) is 13.1 Å². The van der Waals surface area contributed by atoms with Crippen molar-refractivity contribution in [2.24, 2.45) is 0 Å². The van der Waals surface area contributed by atoms with Gasteiger partial charge in [0.25, 0.3) is 0 Å². The number of halogens is 1. The lowest BCUT2D eigenvalue weighted by molar-refractivity contribution is 0.867. The van der Waals surface area contributed by atoms with Crippen LogP contribution in [0.5, 0.6) is 0 Å². The lowest BCUT2D eigenvalue weighted by Gasteiger charge is -2.21. The van der Waals surface area contributed by atoms with Crippen molar-refractivity contribution >= 4 is 23.2 Å². The van der Waals surface area contributed by atoms with Gasteiger partial charge in [-0.15, -0.1) is 0 Å². The van der Waals surface area contributed by atoms with Gasteiger partial charge in [0.05, 0.1) is 5.69 Å². The third kappa shape index (κ3) is 2.52. The minimum atomic E-state index is 0.936. The smallest absolute Gasteiger partial charge is 0.0512 e. The van der Waals surface area contributed by atoms with E-state index in [1.807, 2.05) is 18.2 Å². The highest BCUT2D eigenvalue weighted by atomic mass is 35.5. The fourth-order valence-corrected chi connectivity index (χ4v) is 1.47. The predicted molar refractivity (Wildman–Crippen MR) is 59.5 cm³/mol. The minimum Gasteiger partial charge on any atom is -0.372 e. The molecule has 0 saturated carbocycles. The first-order valence-electron chi connectivity index (χ1n) is 4.53. The summed E-state index contributed by atoms with van der Waals surface area (Å²) in [5, 5.41) is 0. The molecule has 1 aromatic rings. The molecule has 0 bridgehead atoms. The maximum Gasteiger partial charge on any atom is 0.0512 e. The predicted octanol–water partition coefficient (Wildman–Crippen LogP) is 3.10. The normalized spacial score (nSPS) is 9.77. The second-order valence-electron chi connectivity index (χ2n) is 2.82. The topological polar surface area (TPSA) is 15.3 Å². The van der Waals surface area contributed by atoms with Crippen molar-refractivity contribution in [3.05, 3.63) is 24.3 Å². The Balaban J connectivity index is 2.86. The van der Waals surface area contributed by atoms with Gasteiger partial charge in [0, 0.05) is 30.6 Å². The van der Waals surface area contributed by atoms with E-state index in [1.165, 1.54) is 5.69 Å². The molecule has 0 atom stereocenters. The molecule has 0 saturated heterocycles. The molecular weight excluding hydrogens is 184 g/mol. The van der Waals surface area contributed by atoms with Crippen molar-refractivity contribution < 1.29 is 0 Å². The van der Waals surface area contributed by atoms with Gasteiger partial charge in [-0.2, -0.15) is 0 Å². The van der Waals surface area contributed by atoms with Crippen LogP contribution in [0.3, 0.4) is 0 Å². The molecule has 72 valence electrons. The Hall–Kier alpha value is -0.890. The van der Waals surface area contributed by atoms with E-state index in [9.17, 15) is 0 Å². The van der Waals surface area contributed by atoms with E-state index >= 15 is 0 Å². The van der Waals surface area contributed by atoms with E-state index in [4.69, 9.17) is 11.8 Å². The second-order valence-corrected chi connectivity index (χ2v) is 3.01. The lowest BCUT2D eigenvalue weighted by Crippen LogP contribution is -2.21. The molecule has 0 fully saturated rings. The molecule has 3 heteroatoms. The van der Waals surface area contributed by atoms with Gasteiger partial charge in [-0.05, 0) is 32.0 Å². The summed E-state index contributed by atoms with van der Waals surface area (Å²) in [6.07, 6.45) is 0. The zero-order valence-electron chi connectivity index (χ0n) is 8.05. The highest BCUT2D eigenvalue weighted by molar-refractivity contribution is 6.24. The number of benzene rings is 1. The fourth-order valence-electron chi connectivity index (χ4n) is 1.35. The van der Waals surface area contributed by atoms with Crippen LogP contribution in [0.1, 0.15) is 13.8 Å². The summed E-state index contributed by atoms with van der Waals surface area (Å²) in [7, 11) is 0. The maximum absolute atomic E-state index is 5.52. The van der Waals surface area contributed by atoms with Crippen LogP contribution in [0.4, 0.5) is 11.4 Å². The first kappa shape index (κ1) is 10.2. The Morgan fingerprint density at radius 3 is 2.54 bits per heavy atom. The summed E-state index contributed by atoms with van der Waals surface area (Å²) >= 11 is 5.52. The largest absolute Gasteiger partial charge is 0.372 e. The summed E-state index contributed by atoms with van der Waals surface area (Å²) in [5.41, 5.74) is 2.14. The zero-order chi connectivity index (χ0) is 9.68. The average molecular weight is 199 g/mol. The number of nitrogens with one attached hydrogen (secondary N) is 1. The van der Waals surface area contributed by atoms with Crippen molar-refractivity contribution in [1.29, 1.82) is 0 Å². The third-order valence-electron chi connectivity index (χ3n) is 2.08. The molecule has 0 amide bonds. The Labute approximate surface area is 84.6 Å². The van der Waals surface area contributed by atoms with Gasteiger partial charge < -0.3 is 4.90 Å². The number of rotatable bonds is 4. The molecule has 2 nitrogen and oxygen atoms in total. The van der Waals surface area contributed by atoms with Gasteiger partial charge in [0.2, 0.25) is 0 Å². The molecule has 0 radical (unpaired) electrons. The molecule has 0 heterocycles. The van der Waals surface area contributed by atoms with E-state index in [-0.39, 0.29) is 0 Å². The van der Waals surface area contributed by atoms with Gasteiger partial charge in [0.15, 0.2) is 0 Å². The summed E-state index contributed by atoms with van der Waals surface area (Å²) in [6, 6.07) is 8.07. The zero-order valence-corrected chi connectivity index (χ0v) is 8.80. The Bertz CT molecular complexity index is 259. The summed E-state index contributed by atoms with van der Waals surface area (Å²) in [4.78, 5) is 4.89. The summed E-state index contributed by atoms with van der Waals surface area (Å²) in [6.45, 7) is 6.32. The molecule has 13 heavy (non-hydrogen) atoms. The SMILES string of the molecule is CCN(CC)c1cccc(NCl)c1. The van der Waals surface area contributed by atoms with Crippen LogP contribution in [0, 0.1) is 0 Å². The first-order valence-corrected chi connectivity index (χ1v) is 4.91. The highest BCUT2D eigenvalue weighted by Crippen LogP contribution is 2.19. The average Bonchev–Trinajstić information content (AvgIpc) is 2.20. The van der Waals surface area contributed by atoms with Crippen LogP contribution >= 0.6 is 11.8 Å². The van der Waals surface area contributed by atoms with E-state index in [2.05, 4.69) is 29.6 Å². The van der Waals surface area contributed by atoms with E-state index < -0.39 is 0 Å². The molecule has 0 aromatic heterocycles. The van der Waals surface area contributed by atoms with E-state index in [1.54, 1.807) is 0 Å². The molecule has 1 N–H and O–H groups in total. The van der Waals surface area contributed by atoms with Gasteiger partial charge in [-0.25, -0.2) is 0 Å². The van der Waals surface area contributed by atoms with Crippen molar-refractivity contribution in [2.45, 2.75) is 13.8 Å². The fraction of sp³-hybridized carbons (Fsp3) is 0.400. The third-order valence-corrected chi connectivity index (χ3v) is 2.30. The van der Waals surface area contributed by atoms with Crippen LogP contribution < -0.4 is 9.74 Å². The van der Waals surface area contributed by atoms with Crippen molar-refractivity contribution in [1.82, 2.24) is 0 Å². The molecule has 0 aliphatic rings. The summed E-state index contributed by atoms with van der Waals surface area (Å²) < 4.78 is 0. The van der Waals surface area contributed by atoms with Gasteiger partial charge in [0.1, 0.15) is 0 Å². The van der Waals surface area contributed by atoms with Gasteiger partial charge in [-0.1, -0.05) is 6.07 Å². The van der Waals surface area contributed by atoms with Crippen molar-refractivity contribution in [2.75, 3.05) is 22.8 Å². The van der Waals surface area contributed by atoms with Gasteiger partial charge in [-0.3, -0.25) is 4.84 Å². The van der Waals surface area contributed by atoms with Crippen molar-refractivity contribution in [3.8, 4) is 0 Å². The van der Waals surface area contributed by atoms with E-state index in [0.717, 1.165) is 18.8 Å². The van der Waals surface area contributed by atoms with E-state index in [0.29, 0.717) is 0 Å². The first-order chi connectivity index (χ1) is 6.31. The maximum atomic E-state index is 5.52. The number of hydrogen-bond donors (Lipinski definition) is 1. The number of hydrogen-bond acceptors (Lipinski definition) is 2. The van der Waals surface area contributed by atoms with Crippen LogP contribution in [0.25, 0.3) is 0 Å². The van der Waals surface area contributed by atoms with Crippen LogP contribution in [-0.2, 0) is 0 Å². The van der Waals surface area contributed by atoms with Crippen molar-refractivity contribution in [3.63, 3.8) is 0 Å². The van der Waals surface area contributed by atoms with Crippen LogP contribution in [0.2, 0.25) is 0 Å². The second kappa shape index (κ2) is 4.97. The molecule has 0 spiro atoms. The Morgan fingerprint density at radius 1 is 1.31 bits per heavy atom. The van der Waals surface area contributed by atoms with Crippen LogP contribution in [0.15, 0.2) is 24.3 Å². The van der Waals surface area contributed by atoms with Gasteiger partial charge >= 0.3 is 0 Å². The molecule has 0 unspecified atom stereocenters. The molecule has 0 aliphatic carbocycles. The Kier molecular flexibility index (Phi) is 3.90.